The van der Waals surface area contributed by atoms with Gasteiger partial charge in [0.2, 0.25) is 0 Å². The zero-order valence-electron chi connectivity index (χ0n) is 9.95. The van der Waals surface area contributed by atoms with E-state index in [-0.39, 0.29) is 18.3 Å². The van der Waals surface area contributed by atoms with Gasteiger partial charge in [0.05, 0.1) is 5.92 Å². The summed E-state index contributed by atoms with van der Waals surface area (Å²) in [6.45, 7) is 5.35. The topological polar surface area (TPSA) is 89.6 Å². The van der Waals surface area contributed by atoms with Crippen LogP contribution in [-0.2, 0) is 14.3 Å². The Balaban J connectivity index is 2.60. The standard InChI is InChI=1S/C11H19NO4/c1-10(2,3)16-8(13)7-4-5-11(12,6-7)9(14)15/h7H,4-6,12H2,1-3H3,(H,14,15)/t7-,11+/m1/s1. The third kappa shape index (κ3) is 2.95. The number of rotatable bonds is 2. The van der Waals surface area contributed by atoms with Crippen molar-refractivity contribution in [3.8, 4) is 0 Å². The van der Waals surface area contributed by atoms with Crippen LogP contribution in [0.4, 0.5) is 0 Å². The summed E-state index contributed by atoms with van der Waals surface area (Å²) in [6.07, 6.45) is 0.973. The van der Waals surface area contributed by atoms with Crippen LogP contribution in [0.3, 0.4) is 0 Å². The predicted molar refractivity (Wildman–Crippen MR) is 57.7 cm³/mol. The molecule has 0 unspecified atom stereocenters. The molecule has 0 aromatic carbocycles. The Labute approximate surface area is 95.0 Å². The molecule has 92 valence electrons. The molecule has 0 bridgehead atoms. The molecule has 5 heteroatoms. The lowest BCUT2D eigenvalue weighted by molar-refractivity contribution is -0.160. The van der Waals surface area contributed by atoms with Gasteiger partial charge in [-0.3, -0.25) is 9.59 Å². The lowest BCUT2D eigenvalue weighted by atomic mass is 9.97. The van der Waals surface area contributed by atoms with E-state index < -0.39 is 17.1 Å². The summed E-state index contributed by atoms with van der Waals surface area (Å²) in [5, 5.41) is 8.93. The first-order chi connectivity index (χ1) is 7.14. The van der Waals surface area contributed by atoms with Crippen molar-refractivity contribution >= 4 is 11.9 Å². The molecule has 0 aliphatic heterocycles. The summed E-state index contributed by atoms with van der Waals surface area (Å²) in [7, 11) is 0. The summed E-state index contributed by atoms with van der Waals surface area (Å²) in [4.78, 5) is 22.6. The zero-order chi connectivity index (χ0) is 12.6. The maximum atomic E-state index is 11.7. The normalized spacial score (nSPS) is 30.1. The van der Waals surface area contributed by atoms with Crippen molar-refractivity contribution < 1.29 is 19.4 Å². The molecule has 16 heavy (non-hydrogen) atoms. The van der Waals surface area contributed by atoms with Crippen LogP contribution in [-0.4, -0.2) is 28.2 Å². The van der Waals surface area contributed by atoms with Crippen LogP contribution >= 0.6 is 0 Å². The molecular formula is C11H19NO4. The minimum Gasteiger partial charge on any atom is -0.480 e. The Bertz CT molecular complexity index is 308. The largest absolute Gasteiger partial charge is 0.480 e. The van der Waals surface area contributed by atoms with Crippen molar-refractivity contribution in [2.24, 2.45) is 11.7 Å². The Hall–Kier alpha value is -1.10. The highest BCUT2D eigenvalue weighted by molar-refractivity contribution is 5.82. The summed E-state index contributed by atoms with van der Waals surface area (Å²) < 4.78 is 5.21. The van der Waals surface area contributed by atoms with Crippen LogP contribution in [0.15, 0.2) is 0 Å². The molecule has 0 radical (unpaired) electrons. The molecule has 1 aliphatic carbocycles. The van der Waals surface area contributed by atoms with Crippen molar-refractivity contribution in [3.63, 3.8) is 0 Å². The summed E-state index contributed by atoms with van der Waals surface area (Å²) >= 11 is 0. The fourth-order valence-electron chi connectivity index (χ4n) is 1.86. The smallest absolute Gasteiger partial charge is 0.323 e. The van der Waals surface area contributed by atoms with Gasteiger partial charge in [-0.15, -0.1) is 0 Å². The number of aliphatic carboxylic acids is 1. The first-order valence-electron chi connectivity index (χ1n) is 5.39. The van der Waals surface area contributed by atoms with E-state index in [1.54, 1.807) is 20.8 Å². The van der Waals surface area contributed by atoms with Crippen molar-refractivity contribution in [1.82, 2.24) is 0 Å². The van der Waals surface area contributed by atoms with Gasteiger partial charge in [0, 0.05) is 0 Å². The van der Waals surface area contributed by atoms with Crippen LogP contribution in [0.2, 0.25) is 0 Å². The molecule has 0 amide bonds. The van der Waals surface area contributed by atoms with Gasteiger partial charge in [0.1, 0.15) is 11.1 Å². The number of carbonyl (C=O) groups is 2. The monoisotopic (exact) mass is 229 g/mol. The zero-order valence-corrected chi connectivity index (χ0v) is 9.95. The van der Waals surface area contributed by atoms with Gasteiger partial charge in [-0.1, -0.05) is 0 Å². The molecule has 0 aromatic rings. The lowest BCUT2D eigenvalue weighted by Gasteiger charge is -2.23. The molecule has 0 saturated heterocycles. The molecule has 3 N–H and O–H groups in total. The van der Waals surface area contributed by atoms with Crippen LogP contribution in [0, 0.1) is 5.92 Å². The molecule has 2 atom stereocenters. The van der Waals surface area contributed by atoms with Crippen molar-refractivity contribution in [3.05, 3.63) is 0 Å². The first kappa shape index (κ1) is 13.0. The number of carboxylic acid groups (broad SMARTS) is 1. The second-order valence-electron chi connectivity index (χ2n) is 5.43. The summed E-state index contributed by atoms with van der Waals surface area (Å²) in [5.74, 6) is -1.78. The molecule has 1 fully saturated rings. The maximum absolute atomic E-state index is 11.7. The van der Waals surface area contributed by atoms with E-state index in [1.807, 2.05) is 0 Å². The van der Waals surface area contributed by atoms with E-state index in [0.717, 1.165) is 0 Å². The number of nitrogens with two attached hydrogens (primary N) is 1. The van der Waals surface area contributed by atoms with Gasteiger partial charge in [0.25, 0.3) is 0 Å². The van der Waals surface area contributed by atoms with Crippen molar-refractivity contribution in [2.45, 2.75) is 51.2 Å². The first-order valence-corrected chi connectivity index (χ1v) is 5.39. The highest BCUT2D eigenvalue weighted by Gasteiger charge is 2.45. The molecule has 0 heterocycles. The minimum absolute atomic E-state index is 0.164. The quantitative estimate of drug-likeness (QED) is 0.687. The van der Waals surface area contributed by atoms with Gasteiger partial charge in [-0.25, -0.2) is 0 Å². The highest BCUT2D eigenvalue weighted by atomic mass is 16.6. The molecule has 1 aliphatic rings. The van der Waals surface area contributed by atoms with E-state index in [2.05, 4.69) is 0 Å². The lowest BCUT2D eigenvalue weighted by Crippen LogP contribution is -2.46. The number of hydrogen-bond acceptors (Lipinski definition) is 4. The third-order valence-corrected chi connectivity index (χ3v) is 2.72. The van der Waals surface area contributed by atoms with Gasteiger partial charge in [0.15, 0.2) is 0 Å². The van der Waals surface area contributed by atoms with Crippen molar-refractivity contribution in [2.75, 3.05) is 0 Å². The van der Waals surface area contributed by atoms with Gasteiger partial charge in [-0.05, 0) is 40.0 Å². The van der Waals surface area contributed by atoms with E-state index in [0.29, 0.717) is 12.8 Å². The number of carboxylic acids is 1. The Kier molecular flexibility index (Phi) is 3.28. The SMILES string of the molecule is CC(C)(C)OC(=O)[C@@H]1CC[C@@](N)(C(=O)O)C1. The average molecular weight is 229 g/mol. The van der Waals surface area contributed by atoms with Gasteiger partial charge < -0.3 is 15.6 Å². The molecule has 1 rings (SSSR count). The number of carbonyl (C=O) groups excluding carboxylic acids is 1. The second kappa shape index (κ2) is 4.05. The Morgan fingerprint density at radius 1 is 1.44 bits per heavy atom. The predicted octanol–water partition coefficient (Wildman–Crippen LogP) is 0.910. The molecule has 1 saturated carbocycles. The number of ether oxygens (including phenoxy) is 1. The highest BCUT2D eigenvalue weighted by Crippen LogP contribution is 2.34. The fraction of sp³-hybridized carbons (Fsp3) is 0.818. The third-order valence-electron chi connectivity index (χ3n) is 2.72. The van der Waals surface area contributed by atoms with E-state index in [9.17, 15) is 9.59 Å². The minimum atomic E-state index is -1.26. The van der Waals surface area contributed by atoms with Gasteiger partial charge >= 0.3 is 11.9 Å². The Morgan fingerprint density at radius 3 is 2.38 bits per heavy atom. The molecule has 0 spiro atoms. The van der Waals surface area contributed by atoms with Gasteiger partial charge in [-0.2, -0.15) is 0 Å². The van der Waals surface area contributed by atoms with E-state index >= 15 is 0 Å². The second-order valence-corrected chi connectivity index (χ2v) is 5.43. The van der Waals surface area contributed by atoms with Crippen LogP contribution in [0.5, 0.6) is 0 Å². The number of hydrogen-bond donors (Lipinski definition) is 2. The van der Waals surface area contributed by atoms with Crippen molar-refractivity contribution in [1.29, 1.82) is 0 Å². The van der Waals surface area contributed by atoms with Crippen LogP contribution in [0.25, 0.3) is 0 Å². The Morgan fingerprint density at radius 2 is 2.00 bits per heavy atom. The van der Waals surface area contributed by atoms with Crippen LogP contribution in [0.1, 0.15) is 40.0 Å². The molecule has 0 aromatic heterocycles. The van der Waals surface area contributed by atoms with E-state index in [4.69, 9.17) is 15.6 Å². The van der Waals surface area contributed by atoms with E-state index in [1.165, 1.54) is 0 Å². The van der Waals surface area contributed by atoms with Crippen LogP contribution < -0.4 is 5.73 Å². The summed E-state index contributed by atoms with van der Waals surface area (Å²) in [6, 6.07) is 0. The maximum Gasteiger partial charge on any atom is 0.323 e. The summed E-state index contributed by atoms with van der Waals surface area (Å²) in [5.41, 5.74) is 3.88. The fourth-order valence-corrected chi connectivity index (χ4v) is 1.86. The average Bonchev–Trinajstić information content (AvgIpc) is 2.46. The number of esters is 1. The molecule has 5 nitrogen and oxygen atoms in total. The molecular weight excluding hydrogens is 210 g/mol.